The van der Waals surface area contributed by atoms with Gasteiger partial charge in [0.15, 0.2) is 5.96 Å². The van der Waals surface area contributed by atoms with E-state index in [0.717, 1.165) is 99.5 Å². The van der Waals surface area contributed by atoms with Gasteiger partial charge in [0.25, 0.3) is 5.91 Å². The van der Waals surface area contributed by atoms with Crippen molar-refractivity contribution in [1.29, 1.82) is 0 Å². The van der Waals surface area contributed by atoms with Gasteiger partial charge in [0.2, 0.25) is 0 Å². The van der Waals surface area contributed by atoms with Crippen molar-refractivity contribution in [3.05, 3.63) is 87.6 Å². The first kappa shape index (κ1) is 40.5. The smallest absolute Gasteiger partial charge is 0.354 e. The van der Waals surface area contributed by atoms with Crippen molar-refractivity contribution in [2.75, 3.05) is 57.3 Å². The summed E-state index contributed by atoms with van der Waals surface area (Å²) < 4.78 is 1.58. The van der Waals surface area contributed by atoms with Gasteiger partial charge in [-0.2, -0.15) is 4.98 Å². The van der Waals surface area contributed by atoms with Crippen LogP contribution in [0.3, 0.4) is 0 Å². The first-order valence-corrected chi connectivity index (χ1v) is 19.3. The molecule has 1 amide bonds. The number of aromatic amines is 1. The van der Waals surface area contributed by atoms with Crippen molar-refractivity contribution in [3.63, 3.8) is 0 Å². The molecule has 4 aromatic rings. The summed E-state index contributed by atoms with van der Waals surface area (Å²) in [6, 6.07) is 16.6. The topological polar surface area (TPSA) is 184 Å². The van der Waals surface area contributed by atoms with Crippen LogP contribution in [0.15, 0.2) is 64.5 Å². The number of piperazine rings is 1. The molecule has 13 heteroatoms. The molecule has 0 bridgehead atoms. The molecule has 292 valence electrons. The number of hydrogen-bond donors (Lipinski definition) is 7. The summed E-state index contributed by atoms with van der Waals surface area (Å²) in [5.74, 6) is 0.187. The van der Waals surface area contributed by atoms with Gasteiger partial charge in [-0.25, -0.2) is 4.79 Å². The number of guanidine groups is 1. The minimum atomic E-state index is -0.301. The molecular formula is C41H61N11O2. The molecule has 6 rings (SSSR count). The summed E-state index contributed by atoms with van der Waals surface area (Å²) in [5, 5.41) is 14.2. The van der Waals surface area contributed by atoms with Gasteiger partial charge in [-0.3, -0.25) is 14.4 Å². The van der Waals surface area contributed by atoms with E-state index in [4.69, 9.17) is 11.5 Å². The third-order valence-corrected chi connectivity index (χ3v) is 9.87. The first-order valence-electron chi connectivity index (χ1n) is 19.3. The van der Waals surface area contributed by atoms with Crippen LogP contribution >= 0.6 is 0 Å². The molecule has 0 spiro atoms. The number of hydrogen-bond acceptors (Lipinski definition) is 8. The molecule has 2 aliphatic rings. The zero-order valence-corrected chi connectivity index (χ0v) is 33.0. The molecule has 54 heavy (non-hydrogen) atoms. The molecule has 2 aromatic carbocycles. The van der Waals surface area contributed by atoms with Crippen LogP contribution in [0.5, 0.6) is 0 Å². The summed E-state index contributed by atoms with van der Waals surface area (Å²) >= 11 is 0. The van der Waals surface area contributed by atoms with Gasteiger partial charge in [-0.15, -0.1) is 0 Å². The molecule has 0 aliphatic carbocycles. The lowest BCUT2D eigenvalue weighted by atomic mass is 9.85. The van der Waals surface area contributed by atoms with Crippen LogP contribution in [0.1, 0.15) is 88.0 Å². The molecule has 2 aromatic heterocycles. The molecule has 2 fully saturated rings. The Balaban J connectivity index is 0.000000210. The summed E-state index contributed by atoms with van der Waals surface area (Å²) in [7, 11) is 0. The van der Waals surface area contributed by atoms with E-state index in [2.05, 4.69) is 107 Å². The van der Waals surface area contributed by atoms with Crippen LogP contribution in [0.2, 0.25) is 0 Å². The average molecular weight is 740 g/mol. The number of nitrogens with one attached hydrogen (secondary N) is 5. The minimum Gasteiger partial charge on any atom is -0.370 e. The number of aromatic nitrogens is 3. The molecular weight excluding hydrogens is 679 g/mol. The maximum atomic E-state index is 12.9. The number of carbonyl (C=O) groups excluding carboxylic acids is 1. The second-order valence-corrected chi connectivity index (χ2v) is 16.4. The highest BCUT2D eigenvalue weighted by molar-refractivity contribution is 5.95. The van der Waals surface area contributed by atoms with Gasteiger partial charge >= 0.3 is 5.69 Å². The standard InChI is InChI=1S/C21H29N7O.C20H32N4O/c1-21(2,3)17-11-15-13-28(20(29)27-18(15)26-17)16-7-5-14(6-8-16)12-24-9-4-10-25-19(22)23;1-20(2,3)16-12-15(19(25)23-17-4-6-21-7-5-17)13-18(14-16)24-10-8-22-9-11-24/h5-8,11,13,24H,4,9-10,12H2,1-3H3,(H4,22,23,25)(H,26,27,29);12-14,17,21-22H,4-11H2,1-3H3,(H,23,25). The Morgan fingerprint density at radius 3 is 2.24 bits per heavy atom. The van der Waals surface area contributed by atoms with E-state index >= 15 is 0 Å². The largest absolute Gasteiger partial charge is 0.370 e. The van der Waals surface area contributed by atoms with Gasteiger partial charge in [0.05, 0.1) is 5.69 Å². The van der Waals surface area contributed by atoms with E-state index < -0.39 is 0 Å². The summed E-state index contributed by atoms with van der Waals surface area (Å²) in [6.07, 6.45) is 4.72. The van der Waals surface area contributed by atoms with Crippen molar-refractivity contribution >= 4 is 28.6 Å². The number of aliphatic imine (C=N–C) groups is 1. The third-order valence-electron chi connectivity index (χ3n) is 9.87. The number of H-pyrrole nitrogens is 1. The molecule has 13 nitrogen and oxygen atoms in total. The summed E-state index contributed by atoms with van der Waals surface area (Å²) in [4.78, 5) is 39.1. The predicted molar refractivity (Wildman–Crippen MR) is 221 cm³/mol. The number of fused-ring (bicyclic) bond motifs is 1. The average Bonchev–Trinajstić information content (AvgIpc) is 3.57. The Morgan fingerprint density at radius 1 is 0.907 bits per heavy atom. The fourth-order valence-electron chi connectivity index (χ4n) is 6.52. The fraction of sp³-hybridized carbons (Fsp3) is 0.512. The number of nitrogens with zero attached hydrogens (tertiary/aromatic N) is 4. The van der Waals surface area contributed by atoms with E-state index in [1.54, 1.807) is 4.57 Å². The van der Waals surface area contributed by atoms with Gasteiger partial charge in [0.1, 0.15) is 5.65 Å². The van der Waals surface area contributed by atoms with Gasteiger partial charge in [-0.05, 0) is 91.8 Å². The normalized spacial score (nSPS) is 15.4. The summed E-state index contributed by atoms with van der Waals surface area (Å²) in [5.41, 5.74) is 17.1. The lowest BCUT2D eigenvalue weighted by Crippen LogP contribution is -2.44. The Hall–Kier alpha value is -4.72. The highest BCUT2D eigenvalue weighted by atomic mass is 16.2. The zero-order valence-electron chi connectivity index (χ0n) is 33.0. The van der Waals surface area contributed by atoms with Crippen LogP contribution in [0.4, 0.5) is 5.69 Å². The minimum absolute atomic E-state index is 0.0217. The van der Waals surface area contributed by atoms with Crippen LogP contribution in [-0.4, -0.2) is 84.8 Å². The maximum Gasteiger partial charge on any atom is 0.354 e. The van der Waals surface area contributed by atoms with E-state index in [0.29, 0.717) is 12.2 Å². The van der Waals surface area contributed by atoms with E-state index in [1.165, 1.54) is 11.3 Å². The Labute approximate surface area is 319 Å². The number of benzene rings is 2. The van der Waals surface area contributed by atoms with Crippen molar-refractivity contribution in [2.24, 2.45) is 16.5 Å². The molecule has 2 aliphatic heterocycles. The van der Waals surface area contributed by atoms with Gasteiger partial charge in [0, 0.05) is 79.3 Å². The van der Waals surface area contributed by atoms with E-state index in [1.807, 2.05) is 30.5 Å². The molecule has 0 saturated carbocycles. The quantitative estimate of drug-likeness (QED) is 0.0726. The molecule has 0 radical (unpaired) electrons. The number of rotatable bonds is 10. The first-order chi connectivity index (χ1) is 25.7. The monoisotopic (exact) mass is 740 g/mol. The number of amides is 1. The maximum absolute atomic E-state index is 12.9. The fourth-order valence-corrected chi connectivity index (χ4v) is 6.52. The highest BCUT2D eigenvalue weighted by Gasteiger charge is 2.23. The number of piperidine rings is 1. The lowest BCUT2D eigenvalue weighted by molar-refractivity contribution is 0.0929. The van der Waals surface area contributed by atoms with Crippen molar-refractivity contribution in [2.45, 2.75) is 84.2 Å². The number of nitrogens with two attached hydrogens (primary N) is 2. The van der Waals surface area contributed by atoms with E-state index in [9.17, 15) is 9.59 Å². The van der Waals surface area contributed by atoms with Crippen LogP contribution in [-0.2, 0) is 17.4 Å². The lowest BCUT2D eigenvalue weighted by Gasteiger charge is -2.31. The molecule has 9 N–H and O–H groups in total. The molecule has 0 unspecified atom stereocenters. The van der Waals surface area contributed by atoms with Crippen LogP contribution < -0.4 is 43.3 Å². The second kappa shape index (κ2) is 18.1. The zero-order chi connectivity index (χ0) is 38.9. The summed E-state index contributed by atoms with van der Waals surface area (Å²) in [6.45, 7) is 21.1. The highest BCUT2D eigenvalue weighted by Crippen LogP contribution is 2.29. The SMILES string of the molecule is CC(C)(C)c1cc(C(=O)NC2CCNCC2)cc(N2CCNCC2)c1.CC(C)(C)c1cc2cn(-c3ccc(CNCCCN=C(N)N)cc3)c(=O)nc2[nH]1. The molecule has 4 heterocycles. The Kier molecular flexibility index (Phi) is 13.5. The second-order valence-electron chi connectivity index (χ2n) is 16.4. The van der Waals surface area contributed by atoms with Gasteiger partial charge in [-0.1, -0.05) is 53.7 Å². The van der Waals surface area contributed by atoms with Crippen molar-refractivity contribution in [1.82, 2.24) is 35.8 Å². The number of carbonyl (C=O) groups is 1. The van der Waals surface area contributed by atoms with Gasteiger partial charge < -0.3 is 42.6 Å². The predicted octanol–water partition coefficient (Wildman–Crippen LogP) is 3.64. The Morgan fingerprint density at radius 2 is 1.59 bits per heavy atom. The van der Waals surface area contributed by atoms with Crippen LogP contribution in [0, 0.1) is 0 Å². The molecule has 0 atom stereocenters. The third kappa shape index (κ3) is 11.4. The van der Waals surface area contributed by atoms with E-state index in [-0.39, 0.29) is 34.4 Å². The van der Waals surface area contributed by atoms with Crippen molar-refractivity contribution < 1.29 is 4.79 Å². The number of anilines is 1. The molecule has 2 saturated heterocycles. The Bertz CT molecular complexity index is 1920. The van der Waals surface area contributed by atoms with Crippen LogP contribution in [0.25, 0.3) is 16.7 Å². The van der Waals surface area contributed by atoms with Crippen molar-refractivity contribution in [3.8, 4) is 5.69 Å².